The van der Waals surface area contributed by atoms with Crippen LogP contribution in [0, 0.1) is 0 Å². The van der Waals surface area contributed by atoms with Gasteiger partial charge in [0.05, 0.1) is 12.5 Å². The predicted molar refractivity (Wildman–Crippen MR) is 106 cm³/mol. The molecular formula is C21H20N6O2. The molecule has 8 nitrogen and oxygen atoms in total. The Bertz CT molecular complexity index is 1040. The maximum atomic E-state index is 12.6. The smallest absolute Gasteiger partial charge is 0.223 e. The Morgan fingerprint density at radius 1 is 1.17 bits per heavy atom. The van der Waals surface area contributed by atoms with E-state index in [1.807, 2.05) is 42.5 Å². The first-order valence-electron chi connectivity index (χ1n) is 9.24. The molecule has 4 rings (SSSR count). The van der Waals surface area contributed by atoms with Crippen LogP contribution in [0.4, 0.5) is 0 Å². The minimum absolute atomic E-state index is 0.0959. The Balaban J connectivity index is 1.41. The molecular weight excluding hydrogens is 368 g/mol. The van der Waals surface area contributed by atoms with Gasteiger partial charge in [0.1, 0.15) is 12.7 Å². The van der Waals surface area contributed by atoms with Gasteiger partial charge in [-0.25, -0.2) is 14.6 Å². The van der Waals surface area contributed by atoms with Crippen molar-refractivity contribution in [2.75, 3.05) is 0 Å². The fraction of sp³-hybridized carbons (Fsp3) is 0.190. The molecule has 2 amide bonds. The molecule has 0 spiro atoms. The Morgan fingerprint density at radius 3 is 2.76 bits per heavy atom. The lowest BCUT2D eigenvalue weighted by Crippen LogP contribution is -2.35. The molecule has 1 atom stereocenters. The second kappa shape index (κ2) is 8.05. The van der Waals surface area contributed by atoms with Crippen molar-refractivity contribution in [3.8, 4) is 5.82 Å². The topological polar surface area (TPSA) is 93.0 Å². The zero-order valence-electron chi connectivity index (χ0n) is 15.9. The summed E-state index contributed by atoms with van der Waals surface area (Å²) in [4.78, 5) is 34.5. The van der Waals surface area contributed by atoms with Crippen molar-refractivity contribution < 1.29 is 9.59 Å². The molecule has 0 bridgehead atoms. The summed E-state index contributed by atoms with van der Waals surface area (Å²) in [5, 5.41) is 6.95. The van der Waals surface area contributed by atoms with Gasteiger partial charge in [0, 0.05) is 25.9 Å². The summed E-state index contributed by atoms with van der Waals surface area (Å²) in [7, 11) is 0. The molecule has 0 saturated heterocycles. The molecule has 1 aromatic carbocycles. The van der Waals surface area contributed by atoms with E-state index in [1.165, 1.54) is 13.3 Å². The molecule has 146 valence electrons. The van der Waals surface area contributed by atoms with Gasteiger partial charge in [0.25, 0.3) is 0 Å². The molecule has 8 heteroatoms. The third kappa shape index (κ3) is 4.06. The number of nitrogens with one attached hydrogen (secondary N) is 1. The average Bonchev–Trinajstić information content (AvgIpc) is 3.27. The lowest BCUT2D eigenvalue weighted by atomic mass is 9.93. The number of rotatable bonds is 5. The third-order valence-corrected chi connectivity index (χ3v) is 4.80. The van der Waals surface area contributed by atoms with Crippen molar-refractivity contribution in [3.05, 3.63) is 78.1 Å². The van der Waals surface area contributed by atoms with Gasteiger partial charge in [0.2, 0.25) is 11.8 Å². The summed E-state index contributed by atoms with van der Waals surface area (Å²) in [5.41, 5.74) is 2.87. The lowest BCUT2D eigenvalue weighted by molar-refractivity contribution is -0.130. The summed E-state index contributed by atoms with van der Waals surface area (Å²) in [6, 6.07) is 11.2. The standard InChI is InChI=1S/C21H20N6O2/c1-15(28)26-9-8-17-4-2-3-5-18(17)19(26)10-21(29)24-12-16-6-7-20(23-11-16)27-14-22-13-25-27/h2-9,11,13-14,19H,10,12H2,1H3,(H,24,29)/t19-/m0/s1. The monoisotopic (exact) mass is 388 g/mol. The fourth-order valence-corrected chi connectivity index (χ4v) is 3.34. The highest BCUT2D eigenvalue weighted by Gasteiger charge is 2.28. The highest BCUT2D eigenvalue weighted by atomic mass is 16.2. The summed E-state index contributed by atoms with van der Waals surface area (Å²) < 4.78 is 1.56. The summed E-state index contributed by atoms with van der Waals surface area (Å²) in [5.74, 6) is 0.424. The van der Waals surface area contributed by atoms with E-state index in [-0.39, 0.29) is 24.3 Å². The molecule has 3 heterocycles. The van der Waals surface area contributed by atoms with Gasteiger partial charge in [-0.05, 0) is 28.8 Å². The molecule has 0 fully saturated rings. The van der Waals surface area contributed by atoms with E-state index >= 15 is 0 Å². The molecule has 29 heavy (non-hydrogen) atoms. The van der Waals surface area contributed by atoms with Gasteiger partial charge in [-0.15, -0.1) is 0 Å². The number of carbonyl (C=O) groups excluding carboxylic acids is 2. The van der Waals surface area contributed by atoms with Crippen molar-refractivity contribution >= 4 is 17.9 Å². The van der Waals surface area contributed by atoms with Crippen molar-refractivity contribution in [1.29, 1.82) is 0 Å². The first kappa shape index (κ1) is 18.5. The first-order chi connectivity index (χ1) is 14.1. The number of pyridine rings is 1. The Morgan fingerprint density at radius 2 is 2.03 bits per heavy atom. The molecule has 2 aromatic heterocycles. The zero-order chi connectivity index (χ0) is 20.2. The second-order valence-electron chi connectivity index (χ2n) is 6.73. The molecule has 1 aliphatic heterocycles. The van der Waals surface area contributed by atoms with Crippen LogP contribution >= 0.6 is 0 Å². The van der Waals surface area contributed by atoms with Crippen LogP contribution in [0.5, 0.6) is 0 Å². The van der Waals surface area contributed by atoms with E-state index in [1.54, 1.807) is 28.3 Å². The molecule has 0 unspecified atom stereocenters. The Hall–Kier alpha value is -3.81. The van der Waals surface area contributed by atoms with Gasteiger partial charge in [-0.2, -0.15) is 5.10 Å². The number of hydrogen-bond acceptors (Lipinski definition) is 5. The number of nitrogens with zero attached hydrogens (tertiary/aromatic N) is 5. The number of amides is 2. The van der Waals surface area contributed by atoms with Crippen LogP contribution in [0.2, 0.25) is 0 Å². The van der Waals surface area contributed by atoms with Crippen molar-refractivity contribution in [2.24, 2.45) is 0 Å². The summed E-state index contributed by atoms with van der Waals surface area (Å²) in [6.07, 6.45) is 8.53. The molecule has 0 aliphatic carbocycles. The Kier molecular flexibility index (Phi) is 5.15. The van der Waals surface area contributed by atoms with Crippen LogP contribution in [-0.4, -0.2) is 36.5 Å². The maximum Gasteiger partial charge on any atom is 0.223 e. The normalized spacial score (nSPS) is 15.1. The highest BCUT2D eigenvalue weighted by molar-refractivity contribution is 5.81. The van der Waals surface area contributed by atoms with Gasteiger partial charge < -0.3 is 10.2 Å². The van der Waals surface area contributed by atoms with Gasteiger partial charge >= 0.3 is 0 Å². The van der Waals surface area contributed by atoms with Gasteiger partial charge in [-0.1, -0.05) is 30.3 Å². The molecule has 0 saturated carbocycles. The SMILES string of the molecule is CC(=O)N1C=Cc2ccccc2[C@@H]1CC(=O)NCc1ccc(-n2cncn2)nc1. The molecule has 1 N–H and O–H groups in total. The summed E-state index contributed by atoms with van der Waals surface area (Å²) in [6.45, 7) is 1.86. The molecule has 1 aliphatic rings. The van der Waals surface area contributed by atoms with Crippen molar-refractivity contribution in [2.45, 2.75) is 25.9 Å². The second-order valence-corrected chi connectivity index (χ2v) is 6.73. The van der Waals surface area contributed by atoms with Crippen molar-refractivity contribution in [1.82, 2.24) is 30.0 Å². The Labute approximate surface area is 167 Å². The van der Waals surface area contributed by atoms with Gasteiger partial charge in [-0.3, -0.25) is 9.59 Å². The zero-order valence-corrected chi connectivity index (χ0v) is 15.9. The van der Waals surface area contributed by atoms with E-state index in [9.17, 15) is 9.59 Å². The van der Waals surface area contributed by atoms with E-state index in [4.69, 9.17) is 0 Å². The third-order valence-electron chi connectivity index (χ3n) is 4.80. The van der Waals surface area contributed by atoms with E-state index in [0.29, 0.717) is 12.4 Å². The molecule has 0 radical (unpaired) electrons. The van der Waals surface area contributed by atoms with Crippen molar-refractivity contribution in [3.63, 3.8) is 0 Å². The molecule has 3 aromatic rings. The largest absolute Gasteiger partial charge is 0.352 e. The highest BCUT2D eigenvalue weighted by Crippen LogP contribution is 2.32. The van der Waals surface area contributed by atoms with Crippen LogP contribution in [0.15, 0.2) is 61.4 Å². The van der Waals surface area contributed by atoms with E-state index in [0.717, 1.165) is 16.7 Å². The predicted octanol–water partition coefficient (Wildman–Crippen LogP) is 2.24. The van der Waals surface area contributed by atoms with E-state index in [2.05, 4.69) is 20.4 Å². The quantitative estimate of drug-likeness (QED) is 0.724. The minimum atomic E-state index is -0.318. The van der Waals surface area contributed by atoms with Gasteiger partial charge in [0.15, 0.2) is 5.82 Å². The number of aromatic nitrogens is 4. The van der Waals surface area contributed by atoms with Crippen LogP contribution < -0.4 is 5.32 Å². The number of benzene rings is 1. The van der Waals surface area contributed by atoms with Crippen LogP contribution in [0.25, 0.3) is 11.9 Å². The first-order valence-corrected chi connectivity index (χ1v) is 9.24. The minimum Gasteiger partial charge on any atom is -0.352 e. The number of hydrogen-bond donors (Lipinski definition) is 1. The fourth-order valence-electron chi connectivity index (χ4n) is 3.34. The number of carbonyl (C=O) groups is 2. The van der Waals surface area contributed by atoms with E-state index < -0.39 is 0 Å². The van der Waals surface area contributed by atoms with Crippen LogP contribution in [-0.2, 0) is 16.1 Å². The number of fused-ring (bicyclic) bond motifs is 1. The maximum absolute atomic E-state index is 12.6. The lowest BCUT2D eigenvalue weighted by Gasteiger charge is -2.32. The van der Waals surface area contributed by atoms with Crippen LogP contribution in [0.3, 0.4) is 0 Å². The summed E-state index contributed by atoms with van der Waals surface area (Å²) >= 11 is 0. The van der Waals surface area contributed by atoms with Crippen LogP contribution in [0.1, 0.15) is 36.1 Å². The average molecular weight is 388 g/mol.